The molecular formula is C15H27IN6O2. The van der Waals surface area contributed by atoms with Gasteiger partial charge in [0.05, 0.1) is 6.61 Å². The summed E-state index contributed by atoms with van der Waals surface area (Å²) in [7, 11) is 0. The maximum absolute atomic E-state index is 11.6. The Morgan fingerprint density at radius 1 is 1.46 bits per heavy atom. The Morgan fingerprint density at radius 2 is 2.21 bits per heavy atom. The summed E-state index contributed by atoms with van der Waals surface area (Å²) in [6.07, 6.45) is 6.06. The van der Waals surface area contributed by atoms with Crippen LogP contribution in [0.2, 0.25) is 0 Å². The Kier molecular flexibility index (Phi) is 9.50. The van der Waals surface area contributed by atoms with Crippen LogP contribution in [0.25, 0.3) is 0 Å². The number of carbonyl (C=O) groups excluding carboxylic acids is 1. The second-order valence-electron chi connectivity index (χ2n) is 5.49. The molecule has 3 N–H and O–H groups in total. The van der Waals surface area contributed by atoms with Crippen LogP contribution in [0.15, 0.2) is 23.5 Å². The van der Waals surface area contributed by atoms with Gasteiger partial charge in [-0.25, -0.2) is 4.79 Å². The Bertz CT molecular complexity index is 500. The minimum Gasteiger partial charge on any atom is -0.450 e. The van der Waals surface area contributed by atoms with E-state index in [0.717, 1.165) is 25.8 Å². The molecule has 1 aromatic rings. The van der Waals surface area contributed by atoms with E-state index in [2.05, 4.69) is 15.4 Å². The van der Waals surface area contributed by atoms with Gasteiger partial charge < -0.3 is 20.7 Å². The van der Waals surface area contributed by atoms with Crippen molar-refractivity contribution in [1.82, 2.24) is 20.0 Å². The van der Waals surface area contributed by atoms with Crippen molar-refractivity contribution >= 4 is 36.0 Å². The summed E-state index contributed by atoms with van der Waals surface area (Å²) >= 11 is 0. The zero-order chi connectivity index (χ0) is 16.5. The number of guanidine groups is 1. The van der Waals surface area contributed by atoms with E-state index in [-0.39, 0.29) is 36.1 Å². The lowest BCUT2D eigenvalue weighted by atomic mass is 10.1. The summed E-state index contributed by atoms with van der Waals surface area (Å²) in [5.74, 6) is 0.472. The summed E-state index contributed by atoms with van der Waals surface area (Å²) in [4.78, 5) is 17.7. The van der Waals surface area contributed by atoms with Crippen molar-refractivity contribution in [3.63, 3.8) is 0 Å². The average Bonchev–Trinajstić information content (AvgIpc) is 3.06. The molecule has 1 aliphatic rings. The van der Waals surface area contributed by atoms with Gasteiger partial charge in [0, 0.05) is 44.6 Å². The lowest BCUT2D eigenvalue weighted by molar-refractivity contribution is 0.0963. The predicted molar refractivity (Wildman–Crippen MR) is 104 cm³/mol. The smallest absolute Gasteiger partial charge is 0.409 e. The van der Waals surface area contributed by atoms with Crippen LogP contribution in [-0.4, -0.2) is 59.0 Å². The van der Waals surface area contributed by atoms with Crippen LogP contribution >= 0.6 is 24.0 Å². The quantitative estimate of drug-likeness (QED) is 0.296. The van der Waals surface area contributed by atoms with Crippen molar-refractivity contribution in [1.29, 1.82) is 0 Å². The number of ether oxygens (including phenoxy) is 1. The number of rotatable bonds is 6. The number of likely N-dealkylation sites (tertiary alicyclic amines) is 1. The number of carbonyl (C=O) groups is 1. The maximum Gasteiger partial charge on any atom is 0.409 e. The van der Waals surface area contributed by atoms with E-state index in [1.165, 1.54) is 0 Å². The molecule has 0 spiro atoms. The third-order valence-electron chi connectivity index (χ3n) is 3.76. The molecule has 9 heteroatoms. The van der Waals surface area contributed by atoms with Crippen LogP contribution in [-0.2, 0) is 11.3 Å². The maximum atomic E-state index is 11.6. The molecule has 0 atom stereocenters. The Labute approximate surface area is 159 Å². The zero-order valence-electron chi connectivity index (χ0n) is 14.1. The number of amides is 1. The molecule has 0 unspecified atom stereocenters. The van der Waals surface area contributed by atoms with Gasteiger partial charge in [0.2, 0.25) is 0 Å². The third-order valence-corrected chi connectivity index (χ3v) is 3.76. The molecule has 0 aromatic carbocycles. The summed E-state index contributed by atoms with van der Waals surface area (Å²) in [5, 5.41) is 7.37. The summed E-state index contributed by atoms with van der Waals surface area (Å²) < 4.78 is 6.88. The fraction of sp³-hybridized carbons (Fsp3) is 0.667. The lowest BCUT2D eigenvalue weighted by Gasteiger charge is -2.31. The van der Waals surface area contributed by atoms with Gasteiger partial charge in [-0.15, -0.1) is 24.0 Å². The predicted octanol–water partition coefficient (Wildman–Crippen LogP) is 1.42. The van der Waals surface area contributed by atoms with Crippen molar-refractivity contribution < 1.29 is 9.53 Å². The standard InChI is InChI=1S/C15H26N6O2.HI/c1-2-23-15(22)20-11-5-13(6-12-20)19-14(16)17-7-3-9-21-10-4-8-18-21;/h4,8,10,13H,2-3,5-7,9,11-12H2,1H3,(H3,16,17,19);1H. The van der Waals surface area contributed by atoms with Crippen LogP contribution in [0, 0.1) is 0 Å². The molecule has 1 saturated heterocycles. The largest absolute Gasteiger partial charge is 0.450 e. The SMILES string of the molecule is CCOC(=O)N1CCC(NC(N)=NCCCn2cccn2)CC1.I. The normalized spacial score (nSPS) is 15.7. The first-order valence-electron chi connectivity index (χ1n) is 8.14. The van der Waals surface area contributed by atoms with Crippen molar-refractivity contribution in [2.45, 2.75) is 38.8 Å². The van der Waals surface area contributed by atoms with Crippen LogP contribution in [0.1, 0.15) is 26.2 Å². The van der Waals surface area contributed by atoms with E-state index < -0.39 is 0 Å². The van der Waals surface area contributed by atoms with Crippen molar-refractivity contribution in [3.8, 4) is 0 Å². The number of aliphatic imine (C=N–C) groups is 1. The molecule has 1 aromatic heterocycles. The molecule has 1 fully saturated rings. The Hall–Kier alpha value is -1.52. The molecule has 2 rings (SSSR count). The number of piperidine rings is 1. The first-order valence-corrected chi connectivity index (χ1v) is 8.14. The molecule has 2 heterocycles. The lowest BCUT2D eigenvalue weighted by Crippen LogP contribution is -2.48. The molecule has 0 aliphatic carbocycles. The molecule has 0 bridgehead atoms. The monoisotopic (exact) mass is 450 g/mol. The fourth-order valence-corrected chi connectivity index (χ4v) is 2.54. The van der Waals surface area contributed by atoms with Gasteiger partial charge >= 0.3 is 6.09 Å². The molecule has 0 saturated carbocycles. The average molecular weight is 450 g/mol. The zero-order valence-corrected chi connectivity index (χ0v) is 16.4. The van der Waals surface area contributed by atoms with Crippen molar-refractivity contribution in [3.05, 3.63) is 18.5 Å². The first-order chi connectivity index (χ1) is 11.2. The van der Waals surface area contributed by atoms with E-state index in [4.69, 9.17) is 10.5 Å². The van der Waals surface area contributed by atoms with Gasteiger partial charge in [-0.1, -0.05) is 0 Å². The highest BCUT2D eigenvalue weighted by Gasteiger charge is 2.23. The summed E-state index contributed by atoms with van der Waals surface area (Å²) in [6.45, 7) is 5.10. The Morgan fingerprint density at radius 3 is 2.83 bits per heavy atom. The second kappa shape index (κ2) is 11.1. The van der Waals surface area contributed by atoms with Crippen molar-refractivity contribution in [2.24, 2.45) is 10.7 Å². The second-order valence-corrected chi connectivity index (χ2v) is 5.49. The molecule has 1 aliphatic heterocycles. The van der Waals surface area contributed by atoms with E-state index >= 15 is 0 Å². The number of nitrogens with two attached hydrogens (primary N) is 1. The van der Waals surface area contributed by atoms with Crippen LogP contribution in [0.3, 0.4) is 0 Å². The number of halogens is 1. The molecule has 24 heavy (non-hydrogen) atoms. The van der Waals surface area contributed by atoms with Gasteiger partial charge in [-0.05, 0) is 32.3 Å². The molecular weight excluding hydrogens is 423 g/mol. The molecule has 0 radical (unpaired) electrons. The fourth-order valence-electron chi connectivity index (χ4n) is 2.54. The Balaban J connectivity index is 0.00000288. The van der Waals surface area contributed by atoms with E-state index in [1.807, 2.05) is 23.9 Å². The minimum atomic E-state index is -0.230. The number of aromatic nitrogens is 2. The topological polar surface area (TPSA) is 97.8 Å². The minimum absolute atomic E-state index is 0. The van der Waals surface area contributed by atoms with Crippen molar-refractivity contribution in [2.75, 3.05) is 26.2 Å². The van der Waals surface area contributed by atoms with Gasteiger partial charge in [-0.3, -0.25) is 9.67 Å². The van der Waals surface area contributed by atoms with E-state index in [1.54, 1.807) is 11.1 Å². The van der Waals surface area contributed by atoms with E-state index in [9.17, 15) is 4.79 Å². The van der Waals surface area contributed by atoms with Crippen LogP contribution in [0.4, 0.5) is 4.79 Å². The van der Waals surface area contributed by atoms with Gasteiger partial charge in [0.1, 0.15) is 0 Å². The van der Waals surface area contributed by atoms with Gasteiger partial charge in [-0.2, -0.15) is 5.10 Å². The summed E-state index contributed by atoms with van der Waals surface area (Å²) in [5.41, 5.74) is 5.92. The number of aryl methyl sites for hydroxylation is 1. The summed E-state index contributed by atoms with van der Waals surface area (Å²) in [6, 6.07) is 2.16. The van der Waals surface area contributed by atoms with Gasteiger partial charge in [0.15, 0.2) is 5.96 Å². The molecule has 8 nitrogen and oxygen atoms in total. The van der Waals surface area contributed by atoms with E-state index in [0.29, 0.717) is 32.2 Å². The number of hydrogen-bond acceptors (Lipinski definition) is 4. The van der Waals surface area contributed by atoms with Crippen LogP contribution < -0.4 is 11.1 Å². The molecule has 136 valence electrons. The highest BCUT2D eigenvalue weighted by molar-refractivity contribution is 14.0. The number of hydrogen-bond donors (Lipinski definition) is 2. The third kappa shape index (κ3) is 6.93. The van der Waals surface area contributed by atoms with Crippen LogP contribution in [0.5, 0.6) is 0 Å². The molecule has 1 amide bonds. The highest BCUT2D eigenvalue weighted by atomic mass is 127. The highest BCUT2D eigenvalue weighted by Crippen LogP contribution is 2.11. The first kappa shape index (κ1) is 20.5. The number of nitrogens with zero attached hydrogens (tertiary/aromatic N) is 4. The number of nitrogens with one attached hydrogen (secondary N) is 1. The van der Waals surface area contributed by atoms with Gasteiger partial charge in [0.25, 0.3) is 0 Å².